The molecule has 0 saturated carbocycles. The number of anilines is 1. The highest BCUT2D eigenvalue weighted by Gasteiger charge is 2.50. The molecule has 0 aromatic heterocycles. The topological polar surface area (TPSA) is 110 Å². The van der Waals surface area contributed by atoms with E-state index in [0.717, 1.165) is 4.90 Å². The lowest BCUT2D eigenvalue weighted by Crippen LogP contribution is -2.45. The number of ketones is 1. The van der Waals surface area contributed by atoms with Crippen LogP contribution >= 0.6 is 0 Å². The molecule has 0 bridgehead atoms. The van der Waals surface area contributed by atoms with E-state index in [1.54, 1.807) is 24.3 Å². The van der Waals surface area contributed by atoms with Gasteiger partial charge in [-0.2, -0.15) is 0 Å². The summed E-state index contributed by atoms with van der Waals surface area (Å²) in [4.78, 5) is 62.1. The summed E-state index contributed by atoms with van der Waals surface area (Å²) in [6, 6.07) is 5.36. The Bertz CT molecular complexity index is 880. The van der Waals surface area contributed by atoms with Crippen LogP contribution < -0.4 is 5.32 Å². The van der Waals surface area contributed by atoms with Gasteiger partial charge in [0.25, 0.3) is 5.91 Å². The maximum Gasteiger partial charge on any atom is 0.329 e. The molecule has 3 rings (SSSR count). The first-order chi connectivity index (χ1) is 13.8. The molecule has 8 heteroatoms. The van der Waals surface area contributed by atoms with E-state index in [-0.39, 0.29) is 17.6 Å². The summed E-state index contributed by atoms with van der Waals surface area (Å²) in [6.45, 7) is 2.19. The SMILES string of the molecule is CC(=O)c1ccccc1NC(=O)COC(=O)[C@H](C)N1C(=O)[C@@H]2CC=CC[C@H]2C1=O. The average molecular weight is 398 g/mol. The first-order valence-corrected chi connectivity index (χ1v) is 9.39. The lowest BCUT2D eigenvalue weighted by Gasteiger charge is -2.21. The molecule has 0 radical (unpaired) electrons. The van der Waals surface area contributed by atoms with E-state index >= 15 is 0 Å². The van der Waals surface area contributed by atoms with Gasteiger partial charge in [0.05, 0.1) is 17.5 Å². The van der Waals surface area contributed by atoms with E-state index in [1.165, 1.54) is 13.8 Å². The van der Waals surface area contributed by atoms with Crippen molar-refractivity contribution in [1.82, 2.24) is 4.90 Å². The number of Topliss-reactive ketones (excluding diaryl/α,β-unsaturated/α-hetero) is 1. The number of hydrogen-bond acceptors (Lipinski definition) is 6. The summed E-state index contributed by atoms with van der Waals surface area (Å²) in [5, 5.41) is 2.52. The summed E-state index contributed by atoms with van der Waals surface area (Å²) in [7, 11) is 0. The fraction of sp³-hybridized carbons (Fsp3) is 0.381. The van der Waals surface area contributed by atoms with Gasteiger partial charge in [-0.3, -0.25) is 24.1 Å². The van der Waals surface area contributed by atoms with Crippen molar-refractivity contribution in [1.29, 1.82) is 0 Å². The summed E-state index contributed by atoms with van der Waals surface area (Å²) >= 11 is 0. The minimum atomic E-state index is -1.11. The molecule has 0 spiro atoms. The number of rotatable bonds is 6. The van der Waals surface area contributed by atoms with Crippen molar-refractivity contribution in [3.05, 3.63) is 42.0 Å². The van der Waals surface area contributed by atoms with Crippen molar-refractivity contribution in [3.8, 4) is 0 Å². The maximum absolute atomic E-state index is 12.5. The standard InChI is InChI=1S/C21H22N2O6/c1-12(23-19(26)15-8-3-4-9-16(15)20(23)27)21(28)29-11-18(25)22-17-10-6-5-7-14(17)13(2)24/h3-7,10,12,15-16H,8-9,11H2,1-2H3,(H,22,25)/t12-,15+,16+/m0/s1. The number of carbonyl (C=O) groups excluding carboxylic acids is 5. The molecule has 1 heterocycles. The lowest BCUT2D eigenvalue weighted by molar-refractivity contribution is -0.159. The van der Waals surface area contributed by atoms with Crippen molar-refractivity contribution >= 4 is 35.2 Å². The molecule has 152 valence electrons. The highest BCUT2D eigenvalue weighted by molar-refractivity contribution is 6.08. The zero-order chi connectivity index (χ0) is 21.1. The molecule has 1 fully saturated rings. The van der Waals surface area contributed by atoms with Gasteiger partial charge in [0, 0.05) is 5.56 Å². The molecule has 0 unspecified atom stereocenters. The van der Waals surface area contributed by atoms with Crippen LogP contribution in [0.2, 0.25) is 0 Å². The minimum absolute atomic E-state index is 0.214. The Morgan fingerprint density at radius 3 is 2.28 bits per heavy atom. The highest BCUT2D eigenvalue weighted by atomic mass is 16.5. The number of esters is 1. The molecule has 8 nitrogen and oxygen atoms in total. The van der Waals surface area contributed by atoms with E-state index in [9.17, 15) is 24.0 Å². The van der Waals surface area contributed by atoms with E-state index in [4.69, 9.17) is 4.74 Å². The van der Waals surface area contributed by atoms with E-state index in [1.807, 2.05) is 12.2 Å². The maximum atomic E-state index is 12.5. The predicted octanol–water partition coefficient (Wildman–Crippen LogP) is 1.71. The second-order valence-electron chi connectivity index (χ2n) is 7.14. The monoisotopic (exact) mass is 398 g/mol. The molecule has 1 N–H and O–H groups in total. The van der Waals surface area contributed by atoms with Crippen LogP contribution in [0.4, 0.5) is 5.69 Å². The Balaban J connectivity index is 1.58. The number of nitrogens with one attached hydrogen (secondary N) is 1. The van der Waals surface area contributed by atoms with Gasteiger partial charge < -0.3 is 10.1 Å². The average Bonchev–Trinajstić information content (AvgIpc) is 2.96. The number of likely N-dealkylation sites (tertiary alicyclic amines) is 1. The second-order valence-corrected chi connectivity index (χ2v) is 7.14. The number of para-hydroxylation sites is 1. The second kappa shape index (κ2) is 8.38. The molecule has 1 aliphatic carbocycles. The number of nitrogens with zero attached hydrogens (tertiary/aromatic N) is 1. The summed E-state index contributed by atoms with van der Waals surface area (Å²) in [5.41, 5.74) is 0.653. The molecule has 1 aliphatic heterocycles. The van der Waals surface area contributed by atoms with Crippen LogP contribution in [0.1, 0.15) is 37.0 Å². The van der Waals surface area contributed by atoms with Gasteiger partial charge in [0.15, 0.2) is 12.4 Å². The quantitative estimate of drug-likeness (QED) is 0.338. The Hall–Kier alpha value is -3.29. The smallest absolute Gasteiger partial charge is 0.329 e. The van der Waals surface area contributed by atoms with Crippen molar-refractivity contribution in [2.24, 2.45) is 11.8 Å². The number of fused-ring (bicyclic) bond motifs is 1. The molecule has 1 saturated heterocycles. The summed E-state index contributed by atoms with van der Waals surface area (Å²) in [5.74, 6) is -3.32. The third-order valence-corrected chi connectivity index (χ3v) is 5.20. The summed E-state index contributed by atoms with van der Waals surface area (Å²) in [6.07, 6.45) is 4.68. The fourth-order valence-electron chi connectivity index (χ4n) is 3.66. The third-order valence-electron chi connectivity index (χ3n) is 5.20. The van der Waals surface area contributed by atoms with Crippen LogP contribution in [-0.4, -0.2) is 47.0 Å². The first-order valence-electron chi connectivity index (χ1n) is 9.39. The van der Waals surface area contributed by atoms with Crippen molar-refractivity contribution in [2.45, 2.75) is 32.7 Å². The number of carbonyl (C=O) groups is 5. The van der Waals surface area contributed by atoms with Crippen molar-refractivity contribution in [2.75, 3.05) is 11.9 Å². The van der Waals surface area contributed by atoms with Gasteiger partial charge in [0.1, 0.15) is 6.04 Å². The fourth-order valence-corrected chi connectivity index (χ4v) is 3.66. The predicted molar refractivity (Wildman–Crippen MR) is 103 cm³/mol. The Morgan fingerprint density at radius 2 is 1.69 bits per heavy atom. The number of ether oxygens (including phenoxy) is 1. The molecular formula is C21H22N2O6. The molecular weight excluding hydrogens is 376 g/mol. The van der Waals surface area contributed by atoms with Crippen LogP contribution in [0.3, 0.4) is 0 Å². The van der Waals surface area contributed by atoms with Crippen LogP contribution in [0.25, 0.3) is 0 Å². The lowest BCUT2D eigenvalue weighted by atomic mass is 9.85. The largest absolute Gasteiger partial charge is 0.454 e. The number of allylic oxidation sites excluding steroid dienone is 2. The molecule has 3 atom stereocenters. The van der Waals surface area contributed by atoms with E-state index < -0.39 is 36.4 Å². The van der Waals surface area contributed by atoms with Crippen molar-refractivity contribution in [3.63, 3.8) is 0 Å². The van der Waals surface area contributed by atoms with Gasteiger partial charge >= 0.3 is 5.97 Å². The molecule has 2 aliphatic rings. The van der Waals surface area contributed by atoms with E-state index in [2.05, 4.69) is 5.32 Å². The Labute approximate surface area is 167 Å². The van der Waals surface area contributed by atoms with Gasteiger partial charge in [-0.15, -0.1) is 0 Å². The molecule has 3 amide bonds. The third kappa shape index (κ3) is 4.11. The number of amides is 3. The number of benzene rings is 1. The van der Waals surface area contributed by atoms with Gasteiger partial charge in [-0.05, 0) is 38.8 Å². The van der Waals surface area contributed by atoms with Gasteiger partial charge in [-0.1, -0.05) is 24.3 Å². The highest BCUT2D eigenvalue weighted by Crippen LogP contribution is 2.36. The summed E-state index contributed by atoms with van der Waals surface area (Å²) < 4.78 is 5.00. The Kier molecular flexibility index (Phi) is 5.91. The number of imide groups is 1. The minimum Gasteiger partial charge on any atom is -0.454 e. The van der Waals surface area contributed by atoms with E-state index in [0.29, 0.717) is 24.1 Å². The normalized spacial score (nSPS) is 21.5. The van der Waals surface area contributed by atoms with Crippen molar-refractivity contribution < 1.29 is 28.7 Å². The van der Waals surface area contributed by atoms with Crippen LogP contribution in [0.5, 0.6) is 0 Å². The van der Waals surface area contributed by atoms with Crippen LogP contribution in [0.15, 0.2) is 36.4 Å². The first kappa shape index (κ1) is 20.4. The van der Waals surface area contributed by atoms with Crippen LogP contribution in [0, 0.1) is 11.8 Å². The van der Waals surface area contributed by atoms with Gasteiger partial charge in [-0.25, -0.2) is 4.79 Å². The van der Waals surface area contributed by atoms with Gasteiger partial charge in [0.2, 0.25) is 11.8 Å². The molecule has 1 aromatic rings. The Morgan fingerprint density at radius 1 is 1.10 bits per heavy atom. The molecule has 29 heavy (non-hydrogen) atoms. The zero-order valence-electron chi connectivity index (χ0n) is 16.2. The zero-order valence-corrected chi connectivity index (χ0v) is 16.2. The van der Waals surface area contributed by atoms with Crippen LogP contribution in [-0.2, 0) is 23.9 Å². The molecule has 1 aromatic carbocycles. The number of hydrogen-bond donors (Lipinski definition) is 1.